The zero-order valence-corrected chi connectivity index (χ0v) is 16.3. The van der Waals surface area contributed by atoms with Gasteiger partial charge >= 0.3 is 0 Å². The summed E-state index contributed by atoms with van der Waals surface area (Å²) in [6.45, 7) is 3.11. The standard InChI is InChI=1S/C22H23N5O2/c1-16-5-2-3-6-19(16)22(29)26-13-9-17(10-14-26)21(28)25-18-7-8-20(23-15-18)27-12-4-11-24-27/h2-8,11-12,15,17H,9-10,13-14H2,1H3,(H,25,28). The van der Waals surface area contributed by atoms with Gasteiger partial charge in [0.25, 0.3) is 5.91 Å². The normalized spacial score (nSPS) is 14.6. The molecular formula is C22H23N5O2. The van der Waals surface area contributed by atoms with Crippen LogP contribution in [0, 0.1) is 12.8 Å². The van der Waals surface area contributed by atoms with Gasteiger partial charge in [-0.3, -0.25) is 9.59 Å². The van der Waals surface area contributed by atoms with Gasteiger partial charge < -0.3 is 10.2 Å². The molecule has 4 rings (SSSR count). The number of nitrogens with one attached hydrogen (secondary N) is 1. The van der Waals surface area contributed by atoms with Gasteiger partial charge in [0.1, 0.15) is 0 Å². The van der Waals surface area contributed by atoms with Crippen molar-refractivity contribution >= 4 is 17.5 Å². The van der Waals surface area contributed by atoms with Gasteiger partial charge in [-0.2, -0.15) is 5.10 Å². The van der Waals surface area contributed by atoms with Crippen molar-refractivity contribution in [2.45, 2.75) is 19.8 Å². The molecule has 0 saturated carbocycles. The topological polar surface area (TPSA) is 80.1 Å². The molecule has 0 aliphatic carbocycles. The first-order chi connectivity index (χ1) is 14.1. The highest BCUT2D eigenvalue weighted by atomic mass is 16.2. The minimum atomic E-state index is -0.110. The monoisotopic (exact) mass is 389 g/mol. The Balaban J connectivity index is 1.32. The van der Waals surface area contributed by atoms with Gasteiger partial charge in [0.05, 0.1) is 11.9 Å². The van der Waals surface area contributed by atoms with Crippen molar-refractivity contribution in [1.29, 1.82) is 0 Å². The Morgan fingerprint density at radius 1 is 1.07 bits per heavy atom. The van der Waals surface area contributed by atoms with E-state index in [1.54, 1.807) is 17.1 Å². The van der Waals surface area contributed by atoms with Crippen LogP contribution in [0.2, 0.25) is 0 Å². The van der Waals surface area contributed by atoms with Crippen molar-refractivity contribution in [3.63, 3.8) is 0 Å². The van der Waals surface area contributed by atoms with Crippen LogP contribution in [-0.2, 0) is 4.79 Å². The second-order valence-electron chi connectivity index (χ2n) is 7.23. The summed E-state index contributed by atoms with van der Waals surface area (Å²) in [5, 5.41) is 7.07. The molecule has 2 aromatic heterocycles. The lowest BCUT2D eigenvalue weighted by Crippen LogP contribution is -2.41. The number of aromatic nitrogens is 3. The molecule has 1 saturated heterocycles. The molecular weight excluding hydrogens is 366 g/mol. The zero-order chi connectivity index (χ0) is 20.2. The van der Waals surface area contributed by atoms with Gasteiger partial charge in [0.15, 0.2) is 5.82 Å². The van der Waals surface area contributed by atoms with E-state index in [-0.39, 0.29) is 17.7 Å². The van der Waals surface area contributed by atoms with Crippen molar-refractivity contribution < 1.29 is 9.59 Å². The zero-order valence-electron chi connectivity index (χ0n) is 16.3. The smallest absolute Gasteiger partial charge is 0.254 e. The number of carbonyl (C=O) groups excluding carboxylic acids is 2. The summed E-state index contributed by atoms with van der Waals surface area (Å²) in [6.07, 6.45) is 6.44. The minimum absolute atomic E-state index is 0.0263. The molecule has 1 fully saturated rings. The van der Waals surface area contributed by atoms with Crippen LogP contribution < -0.4 is 5.32 Å². The number of aryl methyl sites for hydroxylation is 1. The fourth-order valence-electron chi connectivity index (χ4n) is 3.57. The van der Waals surface area contributed by atoms with E-state index in [4.69, 9.17) is 0 Å². The van der Waals surface area contributed by atoms with Crippen LogP contribution >= 0.6 is 0 Å². The average molecular weight is 389 g/mol. The third-order valence-electron chi connectivity index (χ3n) is 5.28. The van der Waals surface area contributed by atoms with E-state index in [0.29, 0.717) is 37.4 Å². The van der Waals surface area contributed by atoms with Gasteiger partial charge in [0.2, 0.25) is 5.91 Å². The van der Waals surface area contributed by atoms with Crippen LogP contribution in [-0.4, -0.2) is 44.6 Å². The molecule has 7 heteroatoms. The fourth-order valence-corrected chi connectivity index (χ4v) is 3.57. The number of anilines is 1. The van der Waals surface area contributed by atoms with Crippen LogP contribution in [0.4, 0.5) is 5.69 Å². The molecule has 0 spiro atoms. The molecule has 148 valence electrons. The Kier molecular flexibility index (Phi) is 5.37. The summed E-state index contributed by atoms with van der Waals surface area (Å²) in [5.74, 6) is 0.597. The number of hydrogen-bond donors (Lipinski definition) is 1. The minimum Gasteiger partial charge on any atom is -0.339 e. The molecule has 0 bridgehead atoms. The van der Waals surface area contributed by atoms with E-state index in [1.807, 2.05) is 60.5 Å². The Morgan fingerprint density at radius 3 is 2.52 bits per heavy atom. The van der Waals surface area contributed by atoms with E-state index in [1.165, 1.54) is 0 Å². The lowest BCUT2D eigenvalue weighted by Gasteiger charge is -2.31. The van der Waals surface area contributed by atoms with Crippen LogP contribution in [0.15, 0.2) is 61.1 Å². The lowest BCUT2D eigenvalue weighted by molar-refractivity contribution is -0.121. The maximum atomic E-state index is 12.7. The number of hydrogen-bond acceptors (Lipinski definition) is 4. The number of rotatable bonds is 4. The van der Waals surface area contributed by atoms with Gasteiger partial charge in [-0.1, -0.05) is 18.2 Å². The Morgan fingerprint density at radius 2 is 1.86 bits per heavy atom. The summed E-state index contributed by atoms with van der Waals surface area (Å²) in [5.41, 5.74) is 2.37. The first-order valence-electron chi connectivity index (χ1n) is 9.73. The van der Waals surface area contributed by atoms with Crippen molar-refractivity contribution in [1.82, 2.24) is 19.7 Å². The molecule has 29 heavy (non-hydrogen) atoms. The maximum absolute atomic E-state index is 12.7. The lowest BCUT2D eigenvalue weighted by atomic mass is 9.95. The highest BCUT2D eigenvalue weighted by Gasteiger charge is 2.28. The number of carbonyl (C=O) groups is 2. The van der Waals surface area contributed by atoms with Crippen molar-refractivity contribution in [3.05, 3.63) is 72.2 Å². The van der Waals surface area contributed by atoms with E-state index >= 15 is 0 Å². The summed E-state index contributed by atoms with van der Waals surface area (Å²) in [7, 11) is 0. The second-order valence-corrected chi connectivity index (χ2v) is 7.23. The van der Waals surface area contributed by atoms with E-state index in [9.17, 15) is 9.59 Å². The first kappa shape index (κ1) is 18.9. The molecule has 2 amide bonds. The number of nitrogens with zero attached hydrogens (tertiary/aromatic N) is 4. The highest BCUT2D eigenvalue weighted by Crippen LogP contribution is 2.22. The first-order valence-corrected chi connectivity index (χ1v) is 9.73. The molecule has 1 aliphatic heterocycles. The number of amides is 2. The molecule has 0 radical (unpaired) electrons. The van der Waals surface area contributed by atoms with Crippen LogP contribution in [0.5, 0.6) is 0 Å². The average Bonchev–Trinajstić information content (AvgIpc) is 3.29. The molecule has 1 aliphatic rings. The summed E-state index contributed by atoms with van der Waals surface area (Å²) < 4.78 is 1.66. The van der Waals surface area contributed by atoms with Crippen molar-refractivity contribution in [3.8, 4) is 5.82 Å². The molecule has 0 atom stereocenters. The maximum Gasteiger partial charge on any atom is 0.254 e. The predicted octanol–water partition coefficient (Wildman–Crippen LogP) is 3.07. The molecule has 0 unspecified atom stereocenters. The summed E-state index contributed by atoms with van der Waals surface area (Å²) in [6, 6.07) is 13.1. The number of piperidine rings is 1. The van der Waals surface area contributed by atoms with Gasteiger partial charge in [-0.15, -0.1) is 0 Å². The predicted molar refractivity (Wildman–Crippen MR) is 110 cm³/mol. The quantitative estimate of drug-likeness (QED) is 0.744. The van der Waals surface area contributed by atoms with Crippen LogP contribution in [0.1, 0.15) is 28.8 Å². The van der Waals surface area contributed by atoms with Gasteiger partial charge in [-0.25, -0.2) is 9.67 Å². The fraction of sp³-hybridized carbons (Fsp3) is 0.273. The van der Waals surface area contributed by atoms with Crippen LogP contribution in [0.25, 0.3) is 5.82 Å². The molecule has 7 nitrogen and oxygen atoms in total. The number of benzene rings is 1. The van der Waals surface area contributed by atoms with Crippen molar-refractivity contribution in [2.24, 2.45) is 5.92 Å². The Hall–Kier alpha value is -3.48. The SMILES string of the molecule is Cc1ccccc1C(=O)N1CCC(C(=O)Nc2ccc(-n3cccn3)nc2)CC1. The molecule has 3 aromatic rings. The largest absolute Gasteiger partial charge is 0.339 e. The molecule has 1 aromatic carbocycles. The third-order valence-corrected chi connectivity index (χ3v) is 5.28. The number of likely N-dealkylation sites (tertiary alicyclic amines) is 1. The second kappa shape index (κ2) is 8.26. The Labute approximate surface area is 169 Å². The molecule has 3 heterocycles. The van der Waals surface area contributed by atoms with E-state index in [2.05, 4.69) is 15.4 Å². The van der Waals surface area contributed by atoms with Crippen LogP contribution in [0.3, 0.4) is 0 Å². The number of pyridine rings is 1. The summed E-state index contributed by atoms with van der Waals surface area (Å²) >= 11 is 0. The third kappa shape index (κ3) is 4.18. The Bertz CT molecular complexity index is 990. The van der Waals surface area contributed by atoms with Gasteiger partial charge in [-0.05, 0) is 49.6 Å². The van der Waals surface area contributed by atoms with E-state index in [0.717, 1.165) is 11.1 Å². The van der Waals surface area contributed by atoms with E-state index < -0.39 is 0 Å². The summed E-state index contributed by atoms with van der Waals surface area (Å²) in [4.78, 5) is 31.5. The van der Waals surface area contributed by atoms with Gasteiger partial charge in [0, 0.05) is 37.0 Å². The van der Waals surface area contributed by atoms with Crippen molar-refractivity contribution in [2.75, 3.05) is 18.4 Å². The molecule has 1 N–H and O–H groups in total. The highest BCUT2D eigenvalue weighted by molar-refractivity contribution is 5.96.